The van der Waals surface area contributed by atoms with Gasteiger partial charge < -0.3 is 26.2 Å². The number of carbonyl (C=O) groups is 4. The van der Waals surface area contributed by atoms with Gasteiger partial charge >= 0.3 is 12.1 Å². The van der Waals surface area contributed by atoms with Gasteiger partial charge in [0, 0.05) is 31.6 Å². The van der Waals surface area contributed by atoms with E-state index in [2.05, 4.69) is 29.8 Å². The van der Waals surface area contributed by atoms with E-state index in [-0.39, 0.29) is 30.4 Å². The molecule has 0 aromatic carbocycles. The Morgan fingerprint density at radius 1 is 1.14 bits per heavy atom. The Kier molecular flexibility index (Phi) is 8.66. The zero-order chi connectivity index (χ0) is 26.7. The lowest BCUT2D eigenvalue weighted by molar-refractivity contribution is -0.144. The lowest BCUT2D eigenvalue weighted by Gasteiger charge is -2.56. The van der Waals surface area contributed by atoms with E-state index in [1.165, 1.54) is 29.1 Å². The van der Waals surface area contributed by atoms with Crippen LogP contribution in [0, 0.1) is 23.7 Å². The van der Waals surface area contributed by atoms with Crippen molar-refractivity contribution in [2.24, 2.45) is 29.4 Å². The Bertz CT molecular complexity index is 842. The van der Waals surface area contributed by atoms with E-state index in [0.717, 1.165) is 49.9 Å². The van der Waals surface area contributed by atoms with Crippen molar-refractivity contribution < 1.29 is 19.2 Å². The number of amides is 6. The molecule has 10 heteroatoms. The highest BCUT2D eigenvalue weighted by molar-refractivity contribution is 6.01. The number of rotatable bonds is 11. The molecule has 1 heterocycles. The first-order valence-corrected chi connectivity index (χ1v) is 14.3. The second-order valence-electron chi connectivity index (χ2n) is 12.4. The molecule has 2 unspecified atom stereocenters. The van der Waals surface area contributed by atoms with Crippen LogP contribution in [0.5, 0.6) is 0 Å². The summed E-state index contributed by atoms with van der Waals surface area (Å²) < 4.78 is 0. The third kappa shape index (κ3) is 6.38. The Balaban J connectivity index is 1.34. The number of nitrogens with zero attached hydrogens (tertiary/aromatic N) is 2. The van der Waals surface area contributed by atoms with Crippen LogP contribution in [0.25, 0.3) is 0 Å². The standard InChI is InChI=1S/C27H46N6O4/c1-4-5-9-33-23(28)22(24(35)30-26(33)37)32(10-7-17(2)3)21(34)6-8-29-25(36)31-27-14-18-11-19(15-27)13-20(12-18)16-27/h17-20,22-23H,4-16,28H2,1-3H3,(H2,29,31,36)(H,30,35,37). The molecule has 208 valence electrons. The third-order valence-corrected chi connectivity index (χ3v) is 8.84. The number of hydrogen-bond donors (Lipinski definition) is 4. The molecule has 2 atom stereocenters. The molecule has 10 nitrogen and oxygen atoms in total. The van der Waals surface area contributed by atoms with E-state index in [1.807, 2.05) is 6.92 Å². The van der Waals surface area contributed by atoms with Crippen LogP contribution in [0.2, 0.25) is 0 Å². The molecule has 4 aliphatic carbocycles. The zero-order valence-corrected chi connectivity index (χ0v) is 22.8. The van der Waals surface area contributed by atoms with E-state index in [4.69, 9.17) is 5.73 Å². The summed E-state index contributed by atoms with van der Waals surface area (Å²) in [5, 5.41) is 8.54. The normalized spacial score (nSPS) is 32.5. The Morgan fingerprint density at radius 3 is 2.32 bits per heavy atom. The molecule has 0 radical (unpaired) electrons. The fourth-order valence-corrected chi connectivity index (χ4v) is 7.41. The van der Waals surface area contributed by atoms with Crippen molar-refractivity contribution in [3.63, 3.8) is 0 Å². The summed E-state index contributed by atoms with van der Waals surface area (Å²) in [4.78, 5) is 54.3. The molecule has 1 aliphatic heterocycles. The average Bonchev–Trinajstić information content (AvgIpc) is 2.79. The molecular formula is C27H46N6O4. The van der Waals surface area contributed by atoms with Gasteiger partial charge in [-0.05, 0) is 75.0 Å². The number of hydrogen-bond acceptors (Lipinski definition) is 5. The van der Waals surface area contributed by atoms with Crippen LogP contribution in [0.1, 0.15) is 85.0 Å². The maximum atomic E-state index is 13.4. The van der Waals surface area contributed by atoms with Crippen LogP contribution in [-0.4, -0.2) is 71.1 Å². The molecule has 1 saturated heterocycles. The summed E-state index contributed by atoms with van der Waals surface area (Å²) in [5.74, 6) is 1.72. The van der Waals surface area contributed by atoms with Crippen LogP contribution in [-0.2, 0) is 9.59 Å². The fourth-order valence-electron chi connectivity index (χ4n) is 7.41. The minimum absolute atomic E-state index is 0.0613. The largest absolute Gasteiger partial charge is 0.338 e. The third-order valence-electron chi connectivity index (χ3n) is 8.84. The molecule has 37 heavy (non-hydrogen) atoms. The number of urea groups is 2. The zero-order valence-electron chi connectivity index (χ0n) is 22.8. The van der Waals surface area contributed by atoms with Crippen molar-refractivity contribution in [2.75, 3.05) is 19.6 Å². The van der Waals surface area contributed by atoms with Gasteiger partial charge in [0.05, 0.1) is 0 Å². The number of nitrogens with two attached hydrogens (primary N) is 1. The molecule has 0 spiro atoms. The second kappa shape index (κ2) is 11.6. The SMILES string of the molecule is CCCCN1C(=O)NC(=O)C(N(CCC(C)C)C(=O)CCNC(=O)NC23CC4CC(CC(C4)C2)C3)C1N. The first-order chi connectivity index (χ1) is 17.6. The van der Waals surface area contributed by atoms with Gasteiger partial charge in [-0.15, -0.1) is 0 Å². The molecule has 4 bridgehead atoms. The lowest BCUT2D eigenvalue weighted by atomic mass is 9.53. The van der Waals surface area contributed by atoms with Crippen molar-refractivity contribution in [1.82, 2.24) is 25.8 Å². The minimum Gasteiger partial charge on any atom is -0.338 e. The van der Waals surface area contributed by atoms with Crippen LogP contribution >= 0.6 is 0 Å². The van der Waals surface area contributed by atoms with Crippen molar-refractivity contribution in [1.29, 1.82) is 0 Å². The Labute approximate surface area is 220 Å². The predicted octanol–water partition coefficient (Wildman–Crippen LogP) is 2.52. The maximum Gasteiger partial charge on any atom is 0.325 e. The summed E-state index contributed by atoms with van der Waals surface area (Å²) in [5.41, 5.74) is 6.31. The summed E-state index contributed by atoms with van der Waals surface area (Å²) in [6.07, 6.45) is 8.60. The summed E-state index contributed by atoms with van der Waals surface area (Å²) in [6, 6.07) is -1.69. The predicted molar refractivity (Wildman–Crippen MR) is 140 cm³/mol. The molecule has 5 rings (SSSR count). The van der Waals surface area contributed by atoms with Crippen molar-refractivity contribution >= 4 is 23.9 Å². The van der Waals surface area contributed by atoms with Crippen LogP contribution < -0.4 is 21.7 Å². The van der Waals surface area contributed by atoms with Gasteiger partial charge in [0.15, 0.2) is 0 Å². The Hall–Kier alpha value is -2.36. The first kappa shape index (κ1) is 27.7. The smallest absolute Gasteiger partial charge is 0.325 e. The Morgan fingerprint density at radius 2 is 1.76 bits per heavy atom. The second-order valence-corrected chi connectivity index (χ2v) is 12.4. The van der Waals surface area contributed by atoms with E-state index in [9.17, 15) is 19.2 Å². The number of imide groups is 1. The fraction of sp³-hybridized carbons (Fsp3) is 0.852. The summed E-state index contributed by atoms with van der Waals surface area (Å²) in [6.45, 7) is 7.08. The highest BCUT2D eigenvalue weighted by atomic mass is 16.2. The van der Waals surface area contributed by atoms with Crippen LogP contribution in [0.4, 0.5) is 9.59 Å². The number of nitrogens with one attached hydrogen (secondary N) is 3. The molecule has 6 amide bonds. The van der Waals surface area contributed by atoms with E-state index < -0.39 is 24.1 Å². The molecule has 5 aliphatic rings. The van der Waals surface area contributed by atoms with Gasteiger partial charge in [-0.3, -0.25) is 14.9 Å². The van der Waals surface area contributed by atoms with Crippen LogP contribution in [0.15, 0.2) is 0 Å². The van der Waals surface area contributed by atoms with Gasteiger partial charge in [-0.25, -0.2) is 9.59 Å². The molecule has 0 aromatic heterocycles. The number of unbranched alkanes of at least 4 members (excludes halogenated alkanes) is 1. The van der Waals surface area contributed by atoms with Gasteiger partial charge in [0.25, 0.3) is 5.91 Å². The lowest BCUT2D eigenvalue weighted by Crippen LogP contribution is -2.71. The van der Waals surface area contributed by atoms with Gasteiger partial charge in [0.2, 0.25) is 5.91 Å². The van der Waals surface area contributed by atoms with Crippen molar-refractivity contribution in [2.45, 2.75) is 103 Å². The maximum absolute atomic E-state index is 13.4. The highest BCUT2D eigenvalue weighted by Crippen LogP contribution is 2.55. The molecular weight excluding hydrogens is 472 g/mol. The quantitative estimate of drug-likeness (QED) is 0.333. The molecule has 5 fully saturated rings. The van der Waals surface area contributed by atoms with Crippen molar-refractivity contribution in [3.05, 3.63) is 0 Å². The van der Waals surface area contributed by atoms with Crippen molar-refractivity contribution in [3.8, 4) is 0 Å². The first-order valence-electron chi connectivity index (χ1n) is 14.3. The highest BCUT2D eigenvalue weighted by Gasteiger charge is 2.51. The molecule has 4 saturated carbocycles. The average molecular weight is 519 g/mol. The van der Waals surface area contributed by atoms with E-state index in [0.29, 0.717) is 25.4 Å². The van der Waals surface area contributed by atoms with Gasteiger partial charge in [-0.2, -0.15) is 0 Å². The summed E-state index contributed by atoms with van der Waals surface area (Å²) in [7, 11) is 0. The topological polar surface area (TPSA) is 137 Å². The monoisotopic (exact) mass is 518 g/mol. The van der Waals surface area contributed by atoms with E-state index in [1.54, 1.807) is 0 Å². The van der Waals surface area contributed by atoms with Gasteiger partial charge in [0.1, 0.15) is 12.2 Å². The number of carbonyl (C=O) groups excluding carboxylic acids is 4. The molecule has 5 N–H and O–H groups in total. The van der Waals surface area contributed by atoms with E-state index >= 15 is 0 Å². The minimum atomic E-state index is -0.957. The molecule has 0 aromatic rings. The van der Waals surface area contributed by atoms with Gasteiger partial charge in [-0.1, -0.05) is 27.2 Å². The van der Waals surface area contributed by atoms with Crippen LogP contribution in [0.3, 0.4) is 0 Å². The summed E-state index contributed by atoms with van der Waals surface area (Å²) >= 11 is 0.